The number of nitrogens with one attached hydrogen (secondary N) is 1. The number of rotatable bonds is 9. The number of benzene rings is 2. The maximum atomic E-state index is 11.9. The predicted octanol–water partition coefficient (Wildman–Crippen LogP) is 4.36. The van der Waals surface area contributed by atoms with Gasteiger partial charge in [-0.1, -0.05) is 55.2 Å². The molecule has 0 bridgehead atoms. The predicted molar refractivity (Wildman–Crippen MR) is 107 cm³/mol. The Balaban J connectivity index is 2.03. The third kappa shape index (κ3) is 5.13. The Morgan fingerprint density at radius 3 is 2.27 bits per heavy atom. The molecule has 1 atom stereocenters. The van der Waals surface area contributed by atoms with Crippen LogP contribution < -0.4 is 15.8 Å². The smallest absolute Gasteiger partial charge is 0.238 e. The van der Waals surface area contributed by atoms with Crippen molar-refractivity contribution in [1.82, 2.24) is 5.32 Å². The molecule has 0 aromatic heterocycles. The molecule has 26 heavy (non-hydrogen) atoms. The van der Waals surface area contributed by atoms with E-state index < -0.39 is 5.54 Å². The molecule has 0 aliphatic heterocycles. The van der Waals surface area contributed by atoms with E-state index in [-0.39, 0.29) is 5.91 Å². The van der Waals surface area contributed by atoms with Crippen molar-refractivity contribution in [1.29, 1.82) is 0 Å². The van der Waals surface area contributed by atoms with Crippen LogP contribution >= 0.6 is 23.2 Å². The maximum absolute atomic E-state index is 11.9. The molecular formula is C20H24Cl2N2O2. The number of hydrogen-bond acceptors (Lipinski definition) is 3. The number of amides is 1. The molecule has 2 aromatic rings. The van der Waals surface area contributed by atoms with Gasteiger partial charge in [0.05, 0.1) is 10.0 Å². The van der Waals surface area contributed by atoms with Crippen LogP contribution in [0.15, 0.2) is 42.5 Å². The summed E-state index contributed by atoms with van der Waals surface area (Å²) in [5, 5.41) is 4.27. The molecule has 0 spiro atoms. The van der Waals surface area contributed by atoms with Crippen molar-refractivity contribution in [3.63, 3.8) is 0 Å². The topological polar surface area (TPSA) is 64.3 Å². The number of ether oxygens (including phenoxy) is 1. The van der Waals surface area contributed by atoms with Crippen LogP contribution in [-0.4, -0.2) is 18.0 Å². The Morgan fingerprint density at radius 1 is 1.08 bits per heavy atom. The number of halogens is 2. The SMILES string of the molecule is CCNC(CC)(Cc1ccc(OCc2ccc(Cl)c(Cl)c2)cc1)C(N)=O. The lowest BCUT2D eigenvalue weighted by molar-refractivity contribution is -0.124. The number of likely N-dealkylation sites (N-methyl/N-ethyl adjacent to an activating group) is 1. The van der Waals surface area contributed by atoms with E-state index in [1.165, 1.54) is 0 Å². The Morgan fingerprint density at radius 2 is 1.73 bits per heavy atom. The summed E-state index contributed by atoms with van der Waals surface area (Å²) in [5.74, 6) is 0.409. The largest absolute Gasteiger partial charge is 0.489 e. The minimum Gasteiger partial charge on any atom is -0.489 e. The first kappa shape index (κ1) is 20.6. The van der Waals surface area contributed by atoms with Gasteiger partial charge in [0.25, 0.3) is 0 Å². The van der Waals surface area contributed by atoms with Crippen LogP contribution in [0, 0.1) is 0 Å². The van der Waals surface area contributed by atoms with E-state index in [9.17, 15) is 4.79 Å². The molecule has 0 radical (unpaired) electrons. The highest BCUT2D eigenvalue weighted by atomic mass is 35.5. The van der Waals surface area contributed by atoms with Gasteiger partial charge in [0.15, 0.2) is 0 Å². The summed E-state index contributed by atoms with van der Waals surface area (Å²) >= 11 is 11.9. The van der Waals surface area contributed by atoms with Crippen molar-refractivity contribution in [2.45, 2.75) is 38.8 Å². The fourth-order valence-electron chi connectivity index (χ4n) is 2.85. The second-order valence-corrected chi connectivity index (χ2v) is 7.00. The van der Waals surface area contributed by atoms with Crippen molar-refractivity contribution in [2.24, 2.45) is 5.73 Å². The summed E-state index contributed by atoms with van der Waals surface area (Å²) in [4.78, 5) is 11.9. The number of carbonyl (C=O) groups is 1. The van der Waals surface area contributed by atoms with E-state index >= 15 is 0 Å². The molecule has 0 aliphatic carbocycles. The quantitative estimate of drug-likeness (QED) is 0.663. The number of carbonyl (C=O) groups excluding carboxylic acids is 1. The van der Waals surface area contributed by atoms with Crippen LogP contribution in [0.25, 0.3) is 0 Å². The van der Waals surface area contributed by atoms with Gasteiger partial charge < -0.3 is 15.8 Å². The molecule has 2 rings (SSSR count). The van der Waals surface area contributed by atoms with Crippen molar-refractivity contribution in [3.8, 4) is 5.75 Å². The van der Waals surface area contributed by atoms with Crippen LogP contribution in [0.1, 0.15) is 31.4 Å². The van der Waals surface area contributed by atoms with E-state index in [4.69, 9.17) is 33.7 Å². The minimum absolute atomic E-state index is 0.332. The number of nitrogens with two attached hydrogens (primary N) is 1. The van der Waals surface area contributed by atoms with Crippen molar-refractivity contribution < 1.29 is 9.53 Å². The molecule has 0 saturated carbocycles. The summed E-state index contributed by atoms with van der Waals surface area (Å²) in [5.41, 5.74) is 6.87. The standard InChI is InChI=1S/C20H24Cl2N2O2/c1-3-20(19(23)25,24-4-2)12-14-5-8-16(9-6-14)26-13-15-7-10-17(21)18(22)11-15/h5-11,24H,3-4,12-13H2,1-2H3,(H2,23,25). The van der Waals surface area contributed by atoms with Crippen molar-refractivity contribution in [3.05, 3.63) is 63.6 Å². The second-order valence-electron chi connectivity index (χ2n) is 6.19. The fraction of sp³-hybridized carbons (Fsp3) is 0.350. The first-order valence-electron chi connectivity index (χ1n) is 8.60. The van der Waals surface area contributed by atoms with E-state index in [0.717, 1.165) is 16.9 Å². The molecule has 0 heterocycles. The lowest BCUT2D eigenvalue weighted by Crippen LogP contribution is -2.56. The summed E-state index contributed by atoms with van der Waals surface area (Å²) < 4.78 is 5.78. The Hall–Kier alpha value is -1.75. The first-order chi connectivity index (χ1) is 12.4. The highest BCUT2D eigenvalue weighted by Crippen LogP contribution is 2.24. The maximum Gasteiger partial charge on any atom is 0.238 e. The monoisotopic (exact) mass is 394 g/mol. The summed E-state index contributed by atoms with van der Waals surface area (Å²) in [6.45, 7) is 5.00. The molecular weight excluding hydrogens is 371 g/mol. The van der Waals surface area contributed by atoms with Gasteiger partial charge >= 0.3 is 0 Å². The molecule has 0 fully saturated rings. The van der Waals surface area contributed by atoms with E-state index in [1.54, 1.807) is 12.1 Å². The van der Waals surface area contributed by atoms with Gasteiger partial charge in [0, 0.05) is 0 Å². The summed E-state index contributed by atoms with van der Waals surface area (Å²) in [7, 11) is 0. The Labute approximate surface area is 164 Å². The van der Waals surface area contributed by atoms with Crippen molar-refractivity contribution >= 4 is 29.1 Å². The molecule has 1 amide bonds. The normalized spacial score (nSPS) is 13.2. The zero-order valence-corrected chi connectivity index (χ0v) is 16.5. The van der Waals surface area contributed by atoms with Crippen LogP contribution in [-0.2, 0) is 17.8 Å². The van der Waals surface area contributed by atoms with E-state index in [1.807, 2.05) is 44.2 Å². The molecule has 0 saturated heterocycles. The highest BCUT2D eigenvalue weighted by Gasteiger charge is 2.33. The Kier molecular flexibility index (Phi) is 7.33. The van der Waals surface area contributed by atoms with Crippen LogP contribution in [0.5, 0.6) is 5.75 Å². The Bertz CT molecular complexity index is 750. The molecule has 3 N–H and O–H groups in total. The summed E-state index contributed by atoms with van der Waals surface area (Å²) in [6.07, 6.45) is 1.17. The molecule has 6 heteroatoms. The van der Waals surface area contributed by atoms with Gasteiger partial charge in [0.1, 0.15) is 17.9 Å². The zero-order chi connectivity index (χ0) is 19.2. The molecule has 2 aromatic carbocycles. The van der Waals surface area contributed by atoms with Gasteiger partial charge in [-0.2, -0.15) is 0 Å². The summed E-state index contributed by atoms with van der Waals surface area (Å²) in [6, 6.07) is 13.1. The molecule has 0 aliphatic rings. The van der Waals surface area contributed by atoms with Gasteiger partial charge in [0.2, 0.25) is 5.91 Å². The van der Waals surface area contributed by atoms with Gasteiger partial charge in [-0.25, -0.2) is 0 Å². The van der Waals surface area contributed by atoms with Gasteiger partial charge in [-0.05, 0) is 54.8 Å². The van der Waals surface area contributed by atoms with Crippen molar-refractivity contribution in [2.75, 3.05) is 6.54 Å². The third-order valence-corrected chi connectivity index (χ3v) is 5.15. The lowest BCUT2D eigenvalue weighted by Gasteiger charge is -2.30. The average molecular weight is 395 g/mol. The second kappa shape index (κ2) is 9.26. The van der Waals surface area contributed by atoms with E-state index in [2.05, 4.69) is 5.32 Å². The number of hydrogen-bond donors (Lipinski definition) is 2. The van der Waals surface area contributed by atoms with Crippen LogP contribution in [0.4, 0.5) is 0 Å². The highest BCUT2D eigenvalue weighted by molar-refractivity contribution is 6.42. The lowest BCUT2D eigenvalue weighted by atomic mass is 9.87. The molecule has 4 nitrogen and oxygen atoms in total. The van der Waals surface area contributed by atoms with Gasteiger partial charge in [-0.15, -0.1) is 0 Å². The zero-order valence-electron chi connectivity index (χ0n) is 15.0. The van der Waals surface area contributed by atoms with Crippen LogP contribution in [0.2, 0.25) is 10.0 Å². The van der Waals surface area contributed by atoms with E-state index in [0.29, 0.717) is 36.0 Å². The molecule has 1 unspecified atom stereocenters. The van der Waals surface area contributed by atoms with Crippen LogP contribution in [0.3, 0.4) is 0 Å². The minimum atomic E-state index is -0.725. The third-order valence-electron chi connectivity index (χ3n) is 4.41. The average Bonchev–Trinajstić information content (AvgIpc) is 2.63. The molecule has 140 valence electrons. The number of primary amides is 1. The first-order valence-corrected chi connectivity index (χ1v) is 9.36. The van der Waals surface area contributed by atoms with Gasteiger partial charge in [-0.3, -0.25) is 4.79 Å². The fourth-order valence-corrected chi connectivity index (χ4v) is 3.17.